The number of aromatic nitrogens is 1. The molecule has 2 saturated heterocycles. The monoisotopic (exact) mass is 468 g/mol. The highest BCUT2D eigenvalue weighted by molar-refractivity contribution is 5.88. The molecule has 2 N–H and O–H groups in total. The molecule has 1 aromatic carbocycles. The molecule has 2 amide bonds. The molecule has 2 aliphatic rings. The molecule has 34 heavy (non-hydrogen) atoms. The third kappa shape index (κ3) is 5.93. The average Bonchev–Trinajstić information content (AvgIpc) is 3.11. The predicted octanol–water partition coefficient (Wildman–Crippen LogP) is 3.99. The molecule has 0 saturated carbocycles. The van der Waals surface area contributed by atoms with E-state index in [1.54, 1.807) is 0 Å². The van der Waals surface area contributed by atoms with Gasteiger partial charge in [0.2, 0.25) is 5.91 Å². The maximum absolute atomic E-state index is 13.4. The van der Waals surface area contributed by atoms with Gasteiger partial charge in [-0.2, -0.15) is 0 Å². The Morgan fingerprint density at radius 1 is 1.12 bits per heavy atom. The zero-order valence-corrected chi connectivity index (χ0v) is 21.1. The Bertz CT molecular complexity index is 1010. The van der Waals surface area contributed by atoms with Crippen LogP contribution in [0.25, 0.3) is 10.9 Å². The topological polar surface area (TPSA) is 75.6 Å². The van der Waals surface area contributed by atoms with E-state index in [0.29, 0.717) is 24.9 Å². The van der Waals surface area contributed by atoms with E-state index in [9.17, 15) is 9.59 Å². The summed E-state index contributed by atoms with van der Waals surface area (Å²) in [6.07, 6.45) is 7.99. The van der Waals surface area contributed by atoms with Crippen LogP contribution in [0.1, 0.15) is 58.4 Å². The van der Waals surface area contributed by atoms with Crippen molar-refractivity contribution in [3.8, 4) is 0 Å². The van der Waals surface area contributed by atoms with Crippen molar-refractivity contribution in [2.45, 2.75) is 77.0 Å². The van der Waals surface area contributed by atoms with Gasteiger partial charge in [0, 0.05) is 43.2 Å². The fourth-order valence-electron chi connectivity index (χ4n) is 5.64. The summed E-state index contributed by atoms with van der Waals surface area (Å²) in [5.74, 6) is 0.324. The number of piperidine rings is 2. The molecule has 2 fully saturated rings. The smallest absolute Gasteiger partial charge is 0.408 e. The number of para-hydroxylation sites is 1. The lowest BCUT2D eigenvalue weighted by Gasteiger charge is -2.44. The summed E-state index contributed by atoms with van der Waals surface area (Å²) in [5, 5.41) is 7.13. The number of alkyl carbamates (subject to hydrolysis) is 1. The molecule has 3 heterocycles. The Kier molecular flexibility index (Phi) is 7.51. The quantitative estimate of drug-likeness (QED) is 0.672. The summed E-state index contributed by atoms with van der Waals surface area (Å²) >= 11 is 0. The van der Waals surface area contributed by atoms with Gasteiger partial charge in [0.05, 0.1) is 0 Å². The van der Waals surface area contributed by atoms with Crippen LogP contribution in [0.15, 0.2) is 30.5 Å². The minimum Gasteiger partial charge on any atom is -0.444 e. The number of hydrogen-bond acceptors (Lipinski definition) is 4. The molecule has 1 aromatic heterocycles. The van der Waals surface area contributed by atoms with Crippen LogP contribution in [0.5, 0.6) is 0 Å². The van der Waals surface area contributed by atoms with Crippen LogP contribution < -0.4 is 10.6 Å². The van der Waals surface area contributed by atoms with Gasteiger partial charge < -0.3 is 24.8 Å². The van der Waals surface area contributed by atoms with Crippen LogP contribution in [0.2, 0.25) is 0 Å². The van der Waals surface area contributed by atoms with Gasteiger partial charge in [0.1, 0.15) is 11.6 Å². The molecule has 4 rings (SSSR count). The number of rotatable bonds is 6. The van der Waals surface area contributed by atoms with Gasteiger partial charge >= 0.3 is 6.09 Å². The van der Waals surface area contributed by atoms with Crippen molar-refractivity contribution >= 4 is 22.9 Å². The largest absolute Gasteiger partial charge is 0.444 e. The number of nitrogens with zero attached hydrogens (tertiary/aromatic N) is 2. The summed E-state index contributed by atoms with van der Waals surface area (Å²) in [6, 6.07) is 8.00. The second-order valence-corrected chi connectivity index (χ2v) is 10.9. The zero-order valence-electron chi connectivity index (χ0n) is 21.1. The summed E-state index contributed by atoms with van der Waals surface area (Å²) in [4.78, 5) is 28.6. The standard InChI is InChI=1S/C27H40N4O3/c1-27(2,3)34-26(33)29-22(16-20-18-30(4)24-13-6-5-11-21(20)24)25(32)28-17-19-10-9-15-31-14-8-7-12-23(19)31/h5-6,11,13,18-19,22-23H,7-10,12,14-17H2,1-4H3,(H,28,32)(H,29,33). The van der Waals surface area contributed by atoms with Gasteiger partial charge in [-0.25, -0.2) is 4.79 Å². The van der Waals surface area contributed by atoms with Crippen molar-refractivity contribution in [1.82, 2.24) is 20.1 Å². The van der Waals surface area contributed by atoms with Gasteiger partial charge in [-0.15, -0.1) is 0 Å². The van der Waals surface area contributed by atoms with Crippen molar-refractivity contribution in [1.29, 1.82) is 0 Å². The molecule has 3 atom stereocenters. The summed E-state index contributed by atoms with van der Waals surface area (Å²) in [5.41, 5.74) is 1.51. The van der Waals surface area contributed by atoms with E-state index in [0.717, 1.165) is 22.9 Å². The maximum Gasteiger partial charge on any atom is 0.408 e. The Labute approximate surface area is 203 Å². The highest BCUT2D eigenvalue weighted by atomic mass is 16.6. The van der Waals surface area contributed by atoms with Gasteiger partial charge in [0.15, 0.2) is 0 Å². The van der Waals surface area contributed by atoms with Crippen molar-refractivity contribution in [3.05, 3.63) is 36.0 Å². The van der Waals surface area contributed by atoms with Crippen molar-refractivity contribution in [2.75, 3.05) is 19.6 Å². The summed E-state index contributed by atoms with van der Waals surface area (Å²) in [6.45, 7) is 8.49. The van der Waals surface area contributed by atoms with Crippen LogP contribution in [0.4, 0.5) is 4.79 Å². The first-order valence-corrected chi connectivity index (χ1v) is 12.8. The lowest BCUT2D eigenvalue weighted by molar-refractivity contribution is -0.123. The maximum atomic E-state index is 13.4. The van der Waals surface area contributed by atoms with Crippen LogP contribution in [-0.2, 0) is 23.0 Å². The highest BCUT2D eigenvalue weighted by Crippen LogP contribution is 2.30. The van der Waals surface area contributed by atoms with Crippen LogP contribution >= 0.6 is 0 Å². The van der Waals surface area contributed by atoms with E-state index in [2.05, 4.69) is 32.2 Å². The zero-order chi connectivity index (χ0) is 24.3. The Hall–Kier alpha value is -2.54. The number of fused-ring (bicyclic) bond motifs is 2. The number of carbonyl (C=O) groups is 2. The summed E-state index contributed by atoms with van der Waals surface area (Å²) in [7, 11) is 2.00. The lowest BCUT2D eigenvalue weighted by atomic mass is 9.83. The minimum atomic E-state index is -0.702. The first-order valence-electron chi connectivity index (χ1n) is 12.8. The van der Waals surface area contributed by atoms with E-state index >= 15 is 0 Å². The fourth-order valence-corrected chi connectivity index (χ4v) is 5.64. The van der Waals surface area contributed by atoms with E-state index < -0.39 is 17.7 Å². The minimum absolute atomic E-state index is 0.147. The molecule has 3 unspecified atom stereocenters. The van der Waals surface area contributed by atoms with Gasteiger partial charge in [-0.3, -0.25) is 4.79 Å². The first-order chi connectivity index (χ1) is 16.2. The third-order valence-electron chi connectivity index (χ3n) is 7.18. The number of ether oxygens (including phenoxy) is 1. The van der Waals surface area contributed by atoms with E-state index in [4.69, 9.17) is 4.74 Å². The van der Waals surface area contributed by atoms with Gasteiger partial charge in [-0.05, 0) is 77.1 Å². The van der Waals surface area contributed by atoms with Gasteiger partial charge in [-0.1, -0.05) is 24.6 Å². The SMILES string of the molecule is Cn1cc(CC(NC(=O)OC(C)(C)C)C(=O)NCC2CCCN3CCCCC23)c2ccccc21. The highest BCUT2D eigenvalue weighted by Gasteiger charge is 2.34. The van der Waals surface area contributed by atoms with Crippen LogP contribution in [0, 0.1) is 5.92 Å². The fraction of sp³-hybridized carbons (Fsp3) is 0.630. The molecule has 0 aliphatic carbocycles. The molecule has 0 bridgehead atoms. The molecule has 7 heteroatoms. The molecular weight excluding hydrogens is 428 g/mol. The second kappa shape index (κ2) is 10.4. The Morgan fingerprint density at radius 2 is 1.88 bits per heavy atom. The Morgan fingerprint density at radius 3 is 2.68 bits per heavy atom. The molecule has 0 spiro atoms. The van der Waals surface area contributed by atoms with Gasteiger partial charge in [0.25, 0.3) is 0 Å². The molecule has 2 aromatic rings. The molecule has 186 valence electrons. The van der Waals surface area contributed by atoms with E-state index in [1.807, 2.05) is 46.1 Å². The number of carbonyl (C=O) groups excluding carboxylic acids is 2. The van der Waals surface area contributed by atoms with Crippen molar-refractivity contribution in [3.63, 3.8) is 0 Å². The molecular formula is C27H40N4O3. The average molecular weight is 469 g/mol. The number of hydrogen-bond donors (Lipinski definition) is 2. The number of aryl methyl sites for hydroxylation is 1. The lowest BCUT2D eigenvalue weighted by Crippen LogP contribution is -2.54. The van der Waals surface area contributed by atoms with Crippen molar-refractivity contribution < 1.29 is 14.3 Å². The number of benzene rings is 1. The second-order valence-electron chi connectivity index (χ2n) is 10.9. The van der Waals surface area contributed by atoms with Crippen LogP contribution in [-0.4, -0.2) is 58.8 Å². The summed E-state index contributed by atoms with van der Waals surface area (Å²) < 4.78 is 7.53. The van der Waals surface area contributed by atoms with E-state index in [-0.39, 0.29) is 5.91 Å². The third-order valence-corrected chi connectivity index (χ3v) is 7.18. The molecule has 7 nitrogen and oxygen atoms in total. The molecule has 2 aliphatic heterocycles. The predicted molar refractivity (Wildman–Crippen MR) is 135 cm³/mol. The normalized spacial score (nSPS) is 22.1. The van der Waals surface area contributed by atoms with Crippen molar-refractivity contribution in [2.24, 2.45) is 13.0 Å². The molecule has 0 radical (unpaired) electrons. The first kappa shape index (κ1) is 24.6. The van der Waals surface area contributed by atoms with E-state index in [1.165, 1.54) is 38.8 Å². The van der Waals surface area contributed by atoms with Crippen LogP contribution in [0.3, 0.4) is 0 Å². The number of amides is 2. The Balaban J connectivity index is 1.47. The number of nitrogens with one attached hydrogen (secondary N) is 2.